The first-order chi connectivity index (χ1) is 32.8. The Morgan fingerprint density at radius 1 is 0.884 bits per heavy atom. The molecule has 1 aromatic heterocycles. The number of fused-ring (bicyclic) bond motifs is 3. The largest absolute Gasteiger partial charge is 0.460 e. The standard InChI is InChI=1S/C52H79N5O12/c1-31-16-12-11-13-17-32(2)43(65-8)28-39-21-19-37(7)52(64,69-39)49(61)50(62)56-23-15-14-18-41(56)51(63)68-44(34(4)26-38-20-22-40(45(27-38)66-9)57-54-30-53-55-57)29-42(58)33(3)25-36(6)47(60)48(67-10)46(59)35(5)24-31/h11-13,16-17,25,30-31,33-35,37-41,43-45,47-48,60,64H,14-15,18-24,26-29H2,1-10H3/b13-11+,16-12+,32-17+,36-25+/t31-,33-,34?,35-,37-,38+,39+,40+,41+,43+,44+,45-,47-,48+,52-/m1/s1. The maximum absolute atomic E-state index is 14.5. The number of ketones is 3. The second kappa shape index (κ2) is 25.7. The molecule has 17 heteroatoms. The van der Waals surface area contributed by atoms with Gasteiger partial charge in [-0.25, -0.2) is 4.79 Å². The van der Waals surface area contributed by atoms with E-state index < -0.39 is 77.8 Å². The van der Waals surface area contributed by atoms with Crippen LogP contribution in [0.2, 0.25) is 0 Å². The molecule has 1 saturated carbocycles. The molecule has 69 heavy (non-hydrogen) atoms. The summed E-state index contributed by atoms with van der Waals surface area (Å²) in [5.41, 5.74) is 1.27. The van der Waals surface area contributed by atoms with Crippen molar-refractivity contribution in [2.75, 3.05) is 27.9 Å². The highest BCUT2D eigenvalue weighted by atomic mass is 16.6. The van der Waals surface area contributed by atoms with Gasteiger partial charge >= 0.3 is 5.97 Å². The van der Waals surface area contributed by atoms with E-state index in [4.69, 9.17) is 23.7 Å². The maximum atomic E-state index is 14.5. The Balaban J connectivity index is 1.46. The lowest BCUT2D eigenvalue weighted by atomic mass is 9.77. The van der Waals surface area contributed by atoms with Crippen LogP contribution < -0.4 is 0 Å². The first kappa shape index (κ1) is 55.7. The van der Waals surface area contributed by atoms with Gasteiger partial charge in [-0.15, -0.1) is 10.2 Å². The number of tetrazole rings is 1. The summed E-state index contributed by atoms with van der Waals surface area (Å²) in [6.45, 7) is 12.8. The molecule has 0 radical (unpaired) electrons. The third kappa shape index (κ3) is 14.2. The fourth-order valence-corrected chi connectivity index (χ4v) is 10.7. The van der Waals surface area contributed by atoms with Crippen LogP contribution in [0.1, 0.15) is 132 Å². The fraction of sp³-hybridized carbons (Fsp3) is 0.731. The summed E-state index contributed by atoms with van der Waals surface area (Å²) in [6.07, 6.45) is 13.7. The Labute approximate surface area is 408 Å². The normalized spacial score (nSPS) is 38.8. The monoisotopic (exact) mass is 966 g/mol. The Morgan fingerprint density at radius 3 is 2.32 bits per heavy atom. The lowest BCUT2D eigenvalue weighted by Crippen LogP contribution is -2.61. The Bertz CT molecular complexity index is 2020. The van der Waals surface area contributed by atoms with Crippen molar-refractivity contribution < 1.29 is 57.9 Å². The lowest BCUT2D eigenvalue weighted by molar-refractivity contribution is -0.265. The number of methoxy groups -OCH3 is 3. The predicted molar refractivity (Wildman–Crippen MR) is 256 cm³/mol. The summed E-state index contributed by atoms with van der Waals surface area (Å²) in [4.78, 5) is 73.9. The molecule has 0 spiro atoms. The number of nitrogens with zero attached hydrogens (tertiary/aromatic N) is 5. The number of rotatable bonds is 7. The molecular formula is C52H79N5O12. The van der Waals surface area contributed by atoms with E-state index >= 15 is 0 Å². The number of hydrogen-bond acceptors (Lipinski definition) is 15. The average molecular weight is 966 g/mol. The van der Waals surface area contributed by atoms with Gasteiger partial charge in [0, 0.05) is 58.5 Å². The van der Waals surface area contributed by atoms with Gasteiger partial charge in [0.2, 0.25) is 5.79 Å². The number of piperidine rings is 1. The molecule has 0 aromatic carbocycles. The van der Waals surface area contributed by atoms with Crippen LogP contribution in [0.4, 0.5) is 0 Å². The maximum Gasteiger partial charge on any atom is 0.329 e. The van der Waals surface area contributed by atoms with E-state index in [1.54, 1.807) is 45.9 Å². The summed E-state index contributed by atoms with van der Waals surface area (Å²) in [5, 5.41) is 35.7. The van der Waals surface area contributed by atoms with Crippen LogP contribution in [0.5, 0.6) is 0 Å². The molecule has 5 rings (SSSR count). The molecule has 2 bridgehead atoms. The first-order valence-electron chi connectivity index (χ1n) is 25.0. The Hall–Kier alpha value is -4.26. The fourth-order valence-electron chi connectivity index (χ4n) is 10.7. The van der Waals surface area contributed by atoms with Crippen LogP contribution in [0, 0.1) is 35.5 Å². The SMILES string of the molecule is CO[C@H]1C[C@@H]2CC[C@@H](C)[C@@](O)(O2)C(=O)C(=O)N2CCCC[C@H]2C(=O)O[C@H](C(C)C[C@@H]2CC[C@H](n3ncnn3)[C@H](OC)C2)CC(=O)[C@H](C)/C=C(\C)[C@@H](O)[C@@H](OC)C(=O)[C@H](C)C[C@H](C)/C=C/C=C/C=C/1C. The first-order valence-corrected chi connectivity index (χ1v) is 25.0. The molecule has 17 nitrogen and oxygen atoms in total. The van der Waals surface area contributed by atoms with Gasteiger partial charge in [-0.3, -0.25) is 19.2 Å². The third-order valence-corrected chi connectivity index (χ3v) is 15.1. The molecule has 4 aliphatic rings. The highest BCUT2D eigenvalue weighted by molar-refractivity contribution is 6.39. The van der Waals surface area contributed by atoms with Gasteiger partial charge in [-0.05, 0) is 112 Å². The smallest absolute Gasteiger partial charge is 0.329 e. The number of hydrogen-bond donors (Lipinski definition) is 2. The molecular weight excluding hydrogens is 887 g/mol. The van der Waals surface area contributed by atoms with E-state index in [0.717, 1.165) is 18.4 Å². The van der Waals surface area contributed by atoms with Crippen molar-refractivity contribution in [1.82, 2.24) is 25.1 Å². The lowest BCUT2D eigenvalue weighted by Gasteiger charge is -2.42. The van der Waals surface area contributed by atoms with Crippen molar-refractivity contribution in [2.24, 2.45) is 35.5 Å². The molecule has 4 heterocycles. The van der Waals surface area contributed by atoms with Crippen molar-refractivity contribution in [3.05, 3.63) is 53.9 Å². The van der Waals surface area contributed by atoms with Crippen LogP contribution in [0.3, 0.4) is 0 Å². The number of aliphatic hydroxyl groups excluding tert-OH is 1. The molecule has 384 valence electrons. The molecule has 1 unspecified atom stereocenters. The molecule has 15 atom stereocenters. The number of Topliss-reactive ketones (excluding diaryl/α,β-unsaturated/α-hetero) is 3. The van der Waals surface area contributed by atoms with Crippen LogP contribution in [0.25, 0.3) is 0 Å². The molecule has 3 aliphatic heterocycles. The number of ether oxygens (including phenoxy) is 5. The minimum absolute atomic E-state index is 0.0168. The average Bonchev–Trinajstić information content (AvgIpc) is 3.88. The van der Waals surface area contributed by atoms with Gasteiger partial charge < -0.3 is 38.8 Å². The topological polar surface area (TPSA) is 219 Å². The van der Waals surface area contributed by atoms with Crippen molar-refractivity contribution in [2.45, 2.75) is 180 Å². The van der Waals surface area contributed by atoms with E-state index in [-0.39, 0.29) is 60.9 Å². The van der Waals surface area contributed by atoms with Gasteiger partial charge in [0.1, 0.15) is 30.1 Å². The number of aliphatic hydroxyl groups is 2. The molecule has 1 aromatic rings. The summed E-state index contributed by atoms with van der Waals surface area (Å²) >= 11 is 0. The minimum atomic E-state index is -2.43. The number of carbonyl (C=O) groups excluding carboxylic acids is 5. The summed E-state index contributed by atoms with van der Waals surface area (Å²) in [6, 6.07) is -1.24. The van der Waals surface area contributed by atoms with Gasteiger partial charge in [0.15, 0.2) is 12.1 Å². The van der Waals surface area contributed by atoms with E-state index in [2.05, 4.69) is 15.4 Å². The molecule has 2 saturated heterocycles. The number of amides is 1. The van der Waals surface area contributed by atoms with Gasteiger partial charge in [-0.2, -0.15) is 4.80 Å². The zero-order chi connectivity index (χ0) is 50.6. The van der Waals surface area contributed by atoms with Crippen molar-refractivity contribution in [3.8, 4) is 0 Å². The zero-order valence-corrected chi connectivity index (χ0v) is 42.5. The van der Waals surface area contributed by atoms with Crippen LogP contribution in [-0.2, 0) is 47.7 Å². The van der Waals surface area contributed by atoms with E-state index in [9.17, 15) is 34.2 Å². The summed E-state index contributed by atoms with van der Waals surface area (Å²) in [7, 11) is 4.61. The minimum Gasteiger partial charge on any atom is -0.460 e. The quantitative estimate of drug-likeness (QED) is 0.181. The predicted octanol–water partition coefficient (Wildman–Crippen LogP) is 6.05. The number of cyclic esters (lactones) is 1. The van der Waals surface area contributed by atoms with Crippen molar-refractivity contribution >= 4 is 29.2 Å². The van der Waals surface area contributed by atoms with E-state index in [1.807, 2.05) is 58.1 Å². The molecule has 1 amide bonds. The van der Waals surface area contributed by atoms with Crippen LogP contribution in [-0.4, -0.2) is 141 Å². The highest BCUT2D eigenvalue weighted by Gasteiger charge is 2.53. The van der Waals surface area contributed by atoms with Crippen molar-refractivity contribution in [3.63, 3.8) is 0 Å². The second-order valence-electron chi connectivity index (χ2n) is 20.3. The summed E-state index contributed by atoms with van der Waals surface area (Å²) < 4.78 is 29.9. The Kier molecular flexibility index (Phi) is 20.8. The van der Waals surface area contributed by atoms with E-state index in [0.29, 0.717) is 56.9 Å². The highest BCUT2D eigenvalue weighted by Crippen LogP contribution is 2.39. The molecule has 1 aliphatic carbocycles. The summed E-state index contributed by atoms with van der Waals surface area (Å²) in [5.74, 6) is -7.94. The van der Waals surface area contributed by atoms with Crippen LogP contribution in [0.15, 0.2) is 53.9 Å². The molecule has 3 fully saturated rings. The molecule has 2 N–H and O–H groups in total. The van der Waals surface area contributed by atoms with Crippen molar-refractivity contribution in [1.29, 1.82) is 0 Å². The second-order valence-corrected chi connectivity index (χ2v) is 20.3. The van der Waals surface area contributed by atoms with Gasteiger partial charge in [0.05, 0.1) is 24.4 Å². The number of esters is 1. The third-order valence-electron chi connectivity index (χ3n) is 15.1. The number of allylic oxidation sites excluding steroid dienone is 6. The number of aromatic nitrogens is 4. The van der Waals surface area contributed by atoms with Crippen LogP contribution >= 0.6 is 0 Å². The van der Waals surface area contributed by atoms with Gasteiger partial charge in [-0.1, -0.05) is 71.1 Å². The van der Waals surface area contributed by atoms with E-state index in [1.165, 1.54) is 18.3 Å². The Morgan fingerprint density at radius 2 is 1.64 bits per heavy atom. The van der Waals surface area contributed by atoms with Gasteiger partial charge in [0.25, 0.3) is 11.7 Å². The number of carbonyl (C=O) groups is 5. The zero-order valence-electron chi connectivity index (χ0n) is 42.5.